The molecule has 2 aliphatic rings. The fraction of sp³-hybridized carbons (Fsp3) is 0.579. The molecule has 2 amide bonds. The number of hydrogen-bond acceptors (Lipinski definition) is 5. The molecule has 0 N–H and O–H groups in total. The Labute approximate surface area is 162 Å². The summed E-state index contributed by atoms with van der Waals surface area (Å²) in [5.74, 6) is 0.0275. The number of amides is 2. The van der Waals surface area contributed by atoms with Crippen LogP contribution in [-0.4, -0.2) is 63.8 Å². The van der Waals surface area contributed by atoms with Crippen LogP contribution in [0, 0.1) is 12.3 Å². The largest absolute Gasteiger partial charge is 0.343 e. The first-order valence-corrected chi connectivity index (χ1v) is 10.2. The highest BCUT2D eigenvalue weighted by Gasteiger charge is 2.50. The first-order valence-electron chi connectivity index (χ1n) is 9.39. The fourth-order valence-electron chi connectivity index (χ4n) is 4.29. The molecule has 0 radical (unpaired) electrons. The predicted octanol–water partition coefficient (Wildman–Crippen LogP) is 2.61. The average molecular weight is 388 g/mol. The van der Waals surface area contributed by atoms with Crippen molar-refractivity contribution in [3.05, 3.63) is 33.8 Å². The zero-order valence-electron chi connectivity index (χ0n) is 16.0. The molecule has 2 fully saturated rings. The molecule has 1 aliphatic heterocycles. The molecule has 1 saturated carbocycles. The minimum Gasteiger partial charge on any atom is -0.343 e. The summed E-state index contributed by atoms with van der Waals surface area (Å²) in [6, 6.07) is 4.20. The standard InChI is InChI=1S/C19H25N5O2S/c1-13-4-5-15(27-13)18(26)23-10-8-19(9-11-23)7-6-16(19)24-12-14(20-21-24)17(25)22(2)3/h4-5,12,16H,6-11H2,1-3H3. The Kier molecular flexibility index (Phi) is 4.53. The fourth-order valence-corrected chi connectivity index (χ4v) is 5.13. The van der Waals surface area contributed by atoms with Gasteiger partial charge in [0.05, 0.1) is 17.1 Å². The molecule has 2 aromatic heterocycles. The molecule has 4 rings (SSSR count). The zero-order chi connectivity index (χ0) is 19.2. The molecule has 1 unspecified atom stereocenters. The lowest BCUT2D eigenvalue weighted by molar-refractivity contribution is -0.0267. The number of carbonyl (C=O) groups is 2. The summed E-state index contributed by atoms with van der Waals surface area (Å²) in [6.45, 7) is 3.59. The third-order valence-corrected chi connectivity index (χ3v) is 7.06. The molecular formula is C19H25N5O2S. The van der Waals surface area contributed by atoms with E-state index in [0.29, 0.717) is 5.69 Å². The first-order chi connectivity index (χ1) is 12.9. The van der Waals surface area contributed by atoms with E-state index in [-0.39, 0.29) is 23.3 Å². The number of nitrogens with zero attached hydrogens (tertiary/aromatic N) is 5. The summed E-state index contributed by atoms with van der Waals surface area (Å²) in [5, 5.41) is 8.30. The van der Waals surface area contributed by atoms with Gasteiger partial charge in [-0.1, -0.05) is 5.21 Å². The molecule has 7 nitrogen and oxygen atoms in total. The Bertz CT molecular complexity index is 863. The Balaban J connectivity index is 1.42. The highest BCUT2D eigenvalue weighted by atomic mass is 32.1. The van der Waals surface area contributed by atoms with Gasteiger partial charge < -0.3 is 9.80 Å². The Morgan fingerprint density at radius 3 is 2.52 bits per heavy atom. The van der Waals surface area contributed by atoms with Crippen LogP contribution in [-0.2, 0) is 0 Å². The van der Waals surface area contributed by atoms with Crippen molar-refractivity contribution in [2.45, 2.75) is 38.6 Å². The van der Waals surface area contributed by atoms with E-state index < -0.39 is 0 Å². The van der Waals surface area contributed by atoms with Crippen LogP contribution in [0.3, 0.4) is 0 Å². The van der Waals surface area contributed by atoms with Gasteiger partial charge in [0.25, 0.3) is 11.8 Å². The topological polar surface area (TPSA) is 71.3 Å². The van der Waals surface area contributed by atoms with Gasteiger partial charge in [0, 0.05) is 32.1 Å². The number of aromatic nitrogens is 3. The molecule has 27 heavy (non-hydrogen) atoms. The molecule has 1 aliphatic carbocycles. The summed E-state index contributed by atoms with van der Waals surface area (Å²) in [6.07, 6.45) is 5.93. The molecule has 3 heterocycles. The Morgan fingerprint density at radius 2 is 1.96 bits per heavy atom. The van der Waals surface area contributed by atoms with Gasteiger partial charge in [-0.2, -0.15) is 0 Å². The van der Waals surface area contributed by atoms with Gasteiger partial charge in [0.1, 0.15) is 0 Å². The smallest absolute Gasteiger partial charge is 0.275 e. The van der Waals surface area contributed by atoms with Gasteiger partial charge in [0.15, 0.2) is 5.69 Å². The number of thiophene rings is 1. The number of rotatable bonds is 3. The van der Waals surface area contributed by atoms with Crippen LogP contribution < -0.4 is 0 Å². The third kappa shape index (κ3) is 3.16. The van der Waals surface area contributed by atoms with Crippen molar-refractivity contribution in [2.75, 3.05) is 27.2 Å². The van der Waals surface area contributed by atoms with Gasteiger partial charge in [-0.25, -0.2) is 4.68 Å². The maximum atomic E-state index is 12.7. The molecule has 2 aromatic rings. The lowest BCUT2D eigenvalue weighted by Crippen LogP contribution is -2.51. The number of aryl methyl sites for hydroxylation is 1. The van der Waals surface area contributed by atoms with Gasteiger partial charge in [-0.05, 0) is 50.2 Å². The van der Waals surface area contributed by atoms with Gasteiger partial charge in [0.2, 0.25) is 0 Å². The number of hydrogen-bond donors (Lipinski definition) is 0. The summed E-state index contributed by atoms with van der Waals surface area (Å²) < 4.78 is 1.88. The summed E-state index contributed by atoms with van der Waals surface area (Å²) >= 11 is 1.56. The minimum absolute atomic E-state index is 0.124. The second-order valence-corrected chi connectivity index (χ2v) is 9.19. The van der Waals surface area contributed by atoms with Crippen LogP contribution >= 0.6 is 11.3 Å². The molecule has 1 atom stereocenters. The number of carbonyl (C=O) groups excluding carboxylic acids is 2. The van der Waals surface area contributed by atoms with Crippen LogP contribution in [0.25, 0.3) is 0 Å². The molecule has 0 aromatic carbocycles. The van der Waals surface area contributed by atoms with Crippen molar-refractivity contribution in [3.8, 4) is 0 Å². The van der Waals surface area contributed by atoms with E-state index in [0.717, 1.165) is 43.6 Å². The molecular weight excluding hydrogens is 362 g/mol. The maximum absolute atomic E-state index is 12.7. The molecule has 144 valence electrons. The molecule has 1 spiro atoms. The Hall–Kier alpha value is -2.22. The summed E-state index contributed by atoms with van der Waals surface area (Å²) in [7, 11) is 3.43. The third-order valence-electron chi connectivity index (χ3n) is 6.08. The van der Waals surface area contributed by atoms with E-state index in [4.69, 9.17) is 0 Å². The van der Waals surface area contributed by atoms with E-state index in [1.807, 2.05) is 28.6 Å². The van der Waals surface area contributed by atoms with Crippen molar-refractivity contribution in [1.82, 2.24) is 24.8 Å². The van der Waals surface area contributed by atoms with E-state index in [1.165, 1.54) is 9.78 Å². The van der Waals surface area contributed by atoms with E-state index in [9.17, 15) is 9.59 Å². The van der Waals surface area contributed by atoms with Crippen molar-refractivity contribution in [1.29, 1.82) is 0 Å². The molecule has 1 saturated heterocycles. The van der Waals surface area contributed by atoms with Gasteiger partial charge in [-0.15, -0.1) is 16.4 Å². The SMILES string of the molecule is Cc1ccc(C(=O)N2CCC3(CCC3n3cc(C(=O)N(C)C)nn3)CC2)s1. The quantitative estimate of drug-likeness (QED) is 0.812. The monoisotopic (exact) mass is 387 g/mol. The van der Waals surface area contributed by atoms with Gasteiger partial charge >= 0.3 is 0 Å². The van der Waals surface area contributed by atoms with Crippen molar-refractivity contribution >= 4 is 23.2 Å². The van der Waals surface area contributed by atoms with Crippen molar-refractivity contribution in [3.63, 3.8) is 0 Å². The predicted molar refractivity (Wildman–Crippen MR) is 103 cm³/mol. The van der Waals surface area contributed by atoms with Crippen LogP contribution in [0.15, 0.2) is 18.3 Å². The lowest BCUT2D eigenvalue weighted by atomic mass is 9.59. The summed E-state index contributed by atoms with van der Waals surface area (Å²) in [4.78, 5) is 30.3. The van der Waals surface area contributed by atoms with E-state index in [1.54, 1.807) is 31.6 Å². The molecule has 0 bridgehead atoms. The highest BCUT2D eigenvalue weighted by Crippen LogP contribution is 2.56. The number of piperidine rings is 1. The van der Waals surface area contributed by atoms with Crippen molar-refractivity contribution < 1.29 is 9.59 Å². The van der Waals surface area contributed by atoms with Gasteiger partial charge in [-0.3, -0.25) is 9.59 Å². The first kappa shape index (κ1) is 18.2. The lowest BCUT2D eigenvalue weighted by Gasteiger charge is -2.53. The minimum atomic E-state index is -0.124. The normalized spacial score (nSPS) is 21.1. The van der Waals surface area contributed by atoms with Crippen LogP contribution in [0.5, 0.6) is 0 Å². The van der Waals surface area contributed by atoms with E-state index in [2.05, 4.69) is 10.3 Å². The number of likely N-dealkylation sites (tertiary alicyclic amines) is 1. The summed E-state index contributed by atoms with van der Waals surface area (Å²) in [5.41, 5.74) is 0.566. The second-order valence-electron chi connectivity index (χ2n) is 7.90. The zero-order valence-corrected chi connectivity index (χ0v) is 16.8. The van der Waals surface area contributed by atoms with Crippen molar-refractivity contribution in [2.24, 2.45) is 5.41 Å². The highest BCUT2D eigenvalue weighted by molar-refractivity contribution is 7.13. The van der Waals surface area contributed by atoms with Crippen LogP contribution in [0.4, 0.5) is 0 Å². The average Bonchev–Trinajstić information content (AvgIpc) is 3.29. The van der Waals surface area contributed by atoms with E-state index >= 15 is 0 Å². The molecule has 8 heteroatoms. The Morgan fingerprint density at radius 1 is 1.22 bits per heavy atom. The second kappa shape index (κ2) is 6.74. The van der Waals surface area contributed by atoms with Crippen LogP contribution in [0.1, 0.15) is 56.8 Å². The van der Waals surface area contributed by atoms with Crippen LogP contribution in [0.2, 0.25) is 0 Å². The maximum Gasteiger partial charge on any atom is 0.275 e.